The molecule has 0 aliphatic carbocycles. The molecule has 5 N–H and O–H groups in total. The van der Waals surface area contributed by atoms with Gasteiger partial charge in [0.25, 0.3) is 11.8 Å². The van der Waals surface area contributed by atoms with Crippen molar-refractivity contribution < 1.29 is 24.2 Å². The Bertz CT molecular complexity index is 1730. The minimum Gasteiger partial charge on any atom is -0.480 e. The molecule has 0 bridgehead atoms. The number of anilines is 1. The average molecular weight is 695 g/mol. The number of carbonyl (C=O) groups is 2. The Morgan fingerprint density at radius 3 is 2.12 bits per heavy atom. The molecule has 1 aliphatic heterocycles. The van der Waals surface area contributed by atoms with Gasteiger partial charge in [-0.15, -0.1) is 11.8 Å². The van der Waals surface area contributed by atoms with Gasteiger partial charge >= 0.3 is 5.97 Å². The van der Waals surface area contributed by atoms with E-state index in [1.165, 1.54) is 7.11 Å². The zero-order valence-corrected chi connectivity index (χ0v) is 29.0. The third-order valence-corrected chi connectivity index (χ3v) is 10.1. The van der Waals surface area contributed by atoms with Crippen molar-refractivity contribution in [2.75, 3.05) is 44.9 Å². The molecule has 0 spiro atoms. The van der Waals surface area contributed by atoms with E-state index in [9.17, 15) is 14.7 Å². The first-order chi connectivity index (χ1) is 24.3. The van der Waals surface area contributed by atoms with Crippen molar-refractivity contribution in [1.82, 2.24) is 14.9 Å². The zero-order chi connectivity index (χ0) is 35.5. The van der Waals surface area contributed by atoms with Gasteiger partial charge in [-0.1, -0.05) is 91.0 Å². The second kappa shape index (κ2) is 16.9. The van der Waals surface area contributed by atoms with Gasteiger partial charge in [0.15, 0.2) is 11.6 Å². The monoisotopic (exact) mass is 694 g/mol. The molecule has 11 nitrogen and oxygen atoms in total. The Morgan fingerprint density at radius 2 is 1.64 bits per heavy atom. The third-order valence-electron chi connectivity index (χ3n) is 8.54. The second-order valence-electron chi connectivity index (χ2n) is 11.6. The molecule has 1 amide bonds. The number of aromatic nitrogens is 2. The lowest BCUT2D eigenvalue weighted by atomic mass is 9.84. The Kier molecular flexibility index (Phi) is 12.1. The number of rotatable bonds is 16. The summed E-state index contributed by atoms with van der Waals surface area (Å²) < 4.78 is 10.3. The topological polar surface area (TPSA) is 155 Å². The normalized spacial score (nSPS) is 15.4. The lowest BCUT2D eigenvalue weighted by Gasteiger charge is -2.35. The number of H-pyrrole nitrogens is 1. The number of aliphatic imine (C=N–C) groups is 1. The van der Waals surface area contributed by atoms with Gasteiger partial charge in [-0.3, -0.25) is 14.6 Å². The largest absolute Gasteiger partial charge is 0.480 e. The highest BCUT2D eigenvalue weighted by Gasteiger charge is 2.37. The number of allylic oxidation sites excluding steroid dienone is 2. The number of hydrogen-bond acceptors (Lipinski definition) is 9. The minimum atomic E-state index is -1.05. The van der Waals surface area contributed by atoms with Gasteiger partial charge in [-0.05, 0) is 53.7 Å². The molecule has 1 atom stereocenters. The van der Waals surface area contributed by atoms with Crippen molar-refractivity contribution in [3.05, 3.63) is 131 Å². The number of carbonyl (C=O) groups excluding carboxylic acids is 1. The van der Waals surface area contributed by atoms with Crippen LogP contribution in [0.15, 0.2) is 113 Å². The highest BCUT2D eigenvalue weighted by molar-refractivity contribution is 8.00. The van der Waals surface area contributed by atoms with Gasteiger partial charge in [-0.2, -0.15) is 4.98 Å². The lowest BCUT2D eigenvalue weighted by Crippen LogP contribution is -2.33. The number of likely N-dealkylation sites (tertiary alicyclic amines) is 1. The van der Waals surface area contributed by atoms with Crippen LogP contribution in [-0.2, 0) is 19.1 Å². The average Bonchev–Trinajstić information content (AvgIpc) is 3.81. The van der Waals surface area contributed by atoms with Crippen molar-refractivity contribution >= 4 is 41.9 Å². The Labute approximate surface area is 296 Å². The number of nitrogens with zero attached hydrogens (tertiary/aromatic N) is 3. The number of imidazole rings is 1. The summed E-state index contributed by atoms with van der Waals surface area (Å²) in [5, 5.41) is 12.0. The first kappa shape index (κ1) is 36.0. The van der Waals surface area contributed by atoms with Crippen LogP contribution < -0.4 is 15.8 Å². The molecular weight excluding hydrogens is 653 g/mol. The number of carboxylic acid groups (broad SMARTS) is 1. The number of nitrogens with one attached hydrogen (secondary N) is 2. The van der Waals surface area contributed by atoms with E-state index in [0.717, 1.165) is 23.1 Å². The Balaban J connectivity index is 1.57. The molecule has 0 saturated carbocycles. The number of hydrogen-bond donors (Lipinski definition) is 4. The van der Waals surface area contributed by atoms with Crippen LogP contribution in [0.1, 0.15) is 35.4 Å². The lowest BCUT2D eigenvalue weighted by molar-refractivity contribution is -0.135. The van der Waals surface area contributed by atoms with Crippen LogP contribution in [0.2, 0.25) is 0 Å². The maximum Gasteiger partial charge on any atom is 0.322 e. The molecule has 1 fully saturated rings. The molecule has 1 saturated heterocycles. The quantitative estimate of drug-likeness (QED) is 0.0513. The SMILES string of the molecule is C=N/C(=C(\C=C(/N)C(=O)N1CCC(OC)C1)CCSC(c1ccccc1)(c1ccccc1)c1ccccc1)c1nc(OC)c(NCC(=O)O)[nH]1. The van der Waals surface area contributed by atoms with Gasteiger partial charge in [0.1, 0.15) is 12.2 Å². The number of carboxylic acids is 1. The number of aromatic amines is 1. The predicted octanol–water partition coefficient (Wildman–Crippen LogP) is 5.53. The van der Waals surface area contributed by atoms with Crippen LogP contribution in [0.4, 0.5) is 5.82 Å². The van der Waals surface area contributed by atoms with E-state index in [1.807, 2.05) is 54.6 Å². The summed E-state index contributed by atoms with van der Waals surface area (Å²) >= 11 is 1.76. The van der Waals surface area contributed by atoms with E-state index < -0.39 is 10.7 Å². The summed E-state index contributed by atoms with van der Waals surface area (Å²) in [6.07, 6.45) is 2.75. The summed E-state index contributed by atoms with van der Waals surface area (Å²) in [6, 6.07) is 31.1. The van der Waals surface area contributed by atoms with Crippen molar-refractivity contribution in [2.24, 2.45) is 10.7 Å². The molecule has 0 radical (unpaired) electrons. The fourth-order valence-electron chi connectivity index (χ4n) is 6.11. The Hall–Kier alpha value is -5.33. The van der Waals surface area contributed by atoms with Crippen molar-refractivity contribution in [3.8, 4) is 5.88 Å². The van der Waals surface area contributed by atoms with Crippen molar-refractivity contribution in [1.29, 1.82) is 0 Å². The zero-order valence-electron chi connectivity index (χ0n) is 28.2. The highest BCUT2D eigenvalue weighted by Crippen LogP contribution is 2.49. The van der Waals surface area contributed by atoms with Gasteiger partial charge in [0.2, 0.25) is 0 Å². The molecule has 4 aromatic rings. The predicted molar refractivity (Wildman–Crippen MR) is 198 cm³/mol. The molecule has 12 heteroatoms. The van der Waals surface area contributed by atoms with Crippen LogP contribution in [0.3, 0.4) is 0 Å². The van der Waals surface area contributed by atoms with E-state index in [-0.39, 0.29) is 41.8 Å². The number of methoxy groups -OCH3 is 2. The standard InChI is InChI=1S/C38H42N6O5S/c1-40-33(34-42-35(36(43-34)49-3)41-24-32(45)46)26(23-31(39)37(47)44-21-19-30(25-44)48-2)20-22-50-38(27-13-7-4-8-14-27,28-15-9-5-10-16-28)29-17-11-6-12-18-29/h4-18,23,30,41H,1,19-22,24-25,39H2,2-3H3,(H,42,43)(H,45,46)/b31-23-,33-26-. The summed E-state index contributed by atoms with van der Waals surface area (Å²) in [4.78, 5) is 38.5. The fourth-order valence-corrected chi connectivity index (χ4v) is 7.64. The molecule has 50 heavy (non-hydrogen) atoms. The van der Waals surface area contributed by atoms with Gasteiger partial charge in [0.05, 0.1) is 23.7 Å². The molecule has 1 unspecified atom stereocenters. The number of aliphatic carboxylic acids is 1. The summed E-state index contributed by atoms with van der Waals surface area (Å²) in [5.41, 5.74) is 10.9. The van der Waals surface area contributed by atoms with Gasteiger partial charge < -0.3 is 35.5 Å². The van der Waals surface area contributed by atoms with Crippen LogP contribution in [0.25, 0.3) is 5.70 Å². The van der Waals surface area contributed by atoms with E-state index in [4.69, 9.17) is 15.2 Å². The van der Waals surface area contributed by atoms with E-state index in [2.05, 4.69) is 63.4 Å². The molecule has 1 aromatic heterocycles. The fraction of sp³-hybridized carbons (Fsp3) is 0.263. The summed E-state index contributed by atoms with van der Waals surface area (Å²) in [7, 11) is 3.07. The molecule has 2 heterocycles. The molecule has 3 aromatic carbocycles. The van der Waals surface area contributed by atoms with Crippen LogP contribution in [-0.4, -0.2) is 84.3 Å². The van der Waals surface area contributed by atoms with Crippen molar-refractivity contribution in [2.45, 2.75) is 23.7 Å². The molecule has 260 valence electrons. The van der Waals surface area contributed by atoms with Crippen molar-refractivity contribution in [3.63, 3.8) is 0 Å². The van der Waals surface area contributed by atoms with Gasteiger partial charge in [-0.25, -0.2) is 0 Å². The number of benzene rings is 3. The van der Waals surface area contributed by atoms with Gasteiger partial charge in [0, 0.05) is 20.2 Å². The van der Waals surface area contributed by atoms with E-state index >= 15 is 0 Å². The molecular formula is C38H42N6O5S. The first-order valence-corrected chi connectivity index (χ1v) is 17.2. The maximum atomic E-state index is 13.5. The van der Waals surface area contributed by atoms with Crippen LogP contribution in [0, 0.1) is 0 Å². The summed E-state index contributed by atoms with van der Waals surface area (Å²) in [6.45, 7) is 4.46. The second-order valence-corrected chi connectivity index (χ2v) is 12.9. The number of amides is 1. The number of nitrogens with two attached hydrogens (primary N) is 1. The van der Waals surface area contributed by atoms with E-state index in [0.29, 0.717) is 36.5 Å². The first-order valence-electron chi connectivity index (χ1n) is 16.2. The molecule has 1 aliphatic rings. The van der Waals surface area contributed by atoms with E-state index in [1.54, 1.807) is 29.8 Å². The minimum absolute atomic E-state index is 0.0436. The Morgan fingerprint density at radius 1 is 1.06 bits per heavy atom. The smallest absolute Gasteiger partial charge is 0.322 e. The van der Waals surface area contributed by atoms with Crippen LogP contribution in [0.5, 0.6) is 5.88 Å². The third kappa shape index (κ3) is 8.10. The highest BCUT2D eigenvalue weighted by atomic mass is 32.2. The maximum absolute atomic E-state index is 13.5. The number of ether oxygens (including phenoxy) is 2. The van der Waals surface area contributed by atoms with Crippen LogP contribution >= 0.6 is 11.8 Å². The number of thioether (sulfide) groups is 1. The summed E-state index contributed by atoms with van der Waals surface area (Å²) in [5.74, 6) is -0.0741. The molecule has 5 rings (SSSR count).